The molecule has 0 atom stereocenters. The molecule has 0 bridgehead atoms. The number of methoxy groups -OCH3 is 1. The van der Waals surface area contributed by atoms with Gasteiger partial charge in [0, 0.05) is 26.7 Å². The lowest BCUT2D eigenvalue weighted by Crippen LogP contribution is -2.31. The largest absolute Gasteiger partial charge is 0.486 e. The number of hydrogen-bond acceptors (Lipinski definition) is 4. The van der Waals surface area contributed by atoms with Gasteiger partial charge >= 0.3 is 0 Å². The summed E-state index contributed by atoms with van der Waals surface area (Å²) in [5, 5.41) is 0. The molecule has 128 valence electrons. The predicted octanol–water partition coefficient (Wildman–Crippen LogP) is 2.50. The molecule has 6 heteroatoms. The molecule has 0 saturated heterocycles. The third-order valence-electron chi connectivity index (χ3n) is 4.78. The SMILES string of the molecule is COCCC1(CNS(=O)(=O)c2cccc3c2OC(C)(C)C3)CC1. The van der Waals surface area contributed by atoms with Gasteiger partial charge in [0.05, 0.1) is 0 Å². The smallest absolute Gasteiger partial charge is 0.244 e. The van der Waals surface area contributed by atoms with E-state index in [-0.39, 0.29) is 15.9 Å². The maximum absolute atomic E-state index is 12.7. The van der Waals surface area contributed by atoms with Crippen molar-refractivity contribution in [3.05, 3.63) is 23.8 Å². The Bertz CT molecular complexity index is 693. The molecular formula is C17H25NO4S. The van der Waals surface area contributed by atoms with Crippen molar-refractivity contribution in [2.24, 2.45) is 5.41 Å². The van der Waals surface area contributed by atoms with E-state index in [0.717, 1.165) is 31.2 Å². The molecule has 1 fully saturated rings. The quantitative estimate of drug-likeness (QED) is 0.829. The van der Waals surface area contributed by atoms with E-state index >= 15 is 0 Å². The Morgan fingerprint density at radius 2 is 2.04 bits per heavy atom. The van der Waals surface area contributed by atoms with E-state index in [9.17, 15) is 8.42 Å². The fourth-order valence-electron chi connectivity index (χ4n) is 3.14. The molecule has 0 aromatic heterocycles. The van der Waals surface area contributed by atoms with Gasteiger partial charge in [-0.2, -0.15) is 0 Å². The molecule has 0 spiro atoms. The molecule has 0 amide bonds. The van der Waals surface area contributed by atoms with Crippen molar-refractivity contribution in [3.63, 3.8) is 0 Å². The van der Waals surface area contributed by atoms with Crippen LogP contribution in [0.1, 0.15) is 38.7 Å². The minimum Gasteiger partial charge on any atom is -0.486 e. The topological polar surface area (TPSA) is 64.6 Å². The van der Waals surface area contributed by atoms with Crippen molar-refractivity contribution in [3.8, 4) is 5.75 Å². The number of sulfonamides is 1. The number of nitrogens with one attached hydrogen (secondary N) is 1. The number of hydrogen-bond donors (Lipinski definition) is 1. The van der Waals surface area contributed by atoms with Crippen LogP contribution in [0.3, 0.4) is 0 Å². The van der Waals surface area contributed by atoms with Gasteiger partial charge in [-0.15, -0.1) is 0 Å². The molecule has 1 aromatic carbocycles. The predicted molar refractivity (Wildman–Crippen MR) is 88.2 cm³/mol. The van der Waals surface area contributed by atoms with Gasteiger partial charge in [0.1, 0.15) is 16.2 Å². The van der Waals surface area contributed by atoms with Crippen LogP contribution >= 0.6 is 0 Å². The molecule has 0 unspecified atom stereocenters. The minimum absolute atomic E-state index is 0.0706. The van der Waals surface area contributed by atoms with Crippen LogP contribution in [0, 0.1) is 5.41 Å². The van der Waals surface area contributed by atoms with Gasteiger partial charge < -0.3 is 9.47 Å². The summed E-state index contributed by atoms with van der Waals surface area (Å²) in [6.07, 6.45) is 3.72. The fraction of sp³-hybridized carbons (Fsp3) is 0.647. The lowest BCUT2D eigenvalue weighted by Gasteiger charge is -2.19. The highest BCUT2D eigenvalue weighted by molar-refractivity contribution is 7.89. The van der Waals surface area contributed by atoms with Crippen LogP contribution in [0.25, 0.3) is 0 Å². The summed E-state index contributed by atoms with van der Waals surface area (Å²) >= 11 is 0. The lowest BCUT2D eigenvalue weighted by atomic mass is 10.0. The zero-order chi connectivity index (χ0) is 16.7. The minimum atomic E-state index is -3.57. The average Bonchev–Trinajstić information content (AvgIpc) is 3.17. The summed E-state index contributed by atoms with van der Waals surface area (Å²) in [7, 11) is -1.90. The molecule has 1 aliphatic heterocycles. The number of para-hydroxylation sites is 1. The molecule has 1 N–H and O–H groups in total. The summed E-state index contributed by atoms with van der Waals surface area (Å²) in [4.78, 5) is 0.253. The number of ether oxygens (including phenoxy) is 2. The Kier molecular flexibility index (Phi) is 4.19. The molecule has 3 rings (SSSR count). The van der Waals surface area contributed by atoms with Crippen LogP contribution in [0.15, 0.2) is 23.1 Å². The second-order valence-electron chi connectivity index (χ2n) is 7.35. The fourth-order valence-corrected chi connectivity index (χ4v) is 4.46. The van der Waals surface area contributed by atoms with Gasteiger partial charge in [0.25, 0.3) is 0 Å². The van der Waals surface area contributed by atoms with Crippen molar-refractivity contribution in [2.45, 2.75) is 50.0 Å². The van der Waals surface area contributed by atoms with Gasteiger partial charge in [-0.1, -0.05) is 12.1 Å². The zero-order valence-electron chi connectivity index (χ0n) is 14.0. The molecule has 1 saturated carbocycles. The van der Waals surface area contributed by atoms with E-state index in [1.807, 2.05) is 19.9 Å². The van der Waals surface area contributed by atoms with Gasteiger partial charge in [-0.25, -0.2) is 13.1 Å². The van der Waals surface area contributed by atoms with Crippen molar-refractivity contribution in [2.75, 3.05) is 20.3 Å². The van der Waals surface area contributed by atoms with E-state index in [0.29, 0.717) is 18.9 Å². The third-order valence-corrected chi connectivity index (χ3v) is 6.20. The second kappa shape index (κ2) is 5.76. The van der Waals surface area contributed by atoms with Gasteiger partial charge in [-0.05, 0) is 50.2 Å². The summed E-state index contributed by atoms with van der Waals surface area (Å²) < 4.78 is 39.2. The molecule has 1 heterocycles. The highest BCUT2D eigenvalue weighted by Crippen LogP contribution is 2.48. The second-order valence-corrected chi connectivity index (χ2v) is 9.09. The summed E-state index contributed by atoms with van der Waals surface area (Å²) in [6, 6.07) is 5.34. The number of benzene rings is 1. The maximum atomic E-state index is 12.7. The summed E-state index contributed by atoms with van der Waals surface area (Å²) in [6.45, 7) is 5.08. The summed E-state index contributed by atoms with van der Waals surface area (Å²) in [5.74, 6) is 0.506. The Hall–Kier alpha value is -1.11. The molecule has 2 aliphatic rings. The first-order chi connectivity index (χ1) is 10.8. The first kappa shape index (κ1) is 16.7. The third kappa shape index (κ3) is 3.54. The van der Waals surface area contributed by atoms with Gasteiger partial charge in [0.15, 0.2) is 0 Å². The average molecular weight is 339 g/mol. The Balaban J connectivity index is 1.76. The molecule has 0 radical (unpaired) electrons. The monoisotopic (exact) mass is 339 g/mol. The van der Waals surface area contributed by atoms with Crippen LogP contribution in [-0.2, 0) is 21.2 Å². The number of rotatable bonds is 7. The zero-order valence-corrected chi connectivity index (χ0v) is 14.8. The van der Waals surface area contributed by atoms with Crippen LogP contribution in [-0.4, -0.2) is 34.3 Å². The van der Waals surface area contributed by atoms with Crippen LogP contribution < -0.4 is 9.46 Å². The molecule has 1 aliphatic carbocycles. The lowest BCUT2D eigenvalue weighted by molar-refractivity contribution is 0.135. The maximum Gasteiger partial charge on any atom is 0.244 e. The van der Waals surface area contributed by atoms with Crippen molar-refractivity contribution < 1.29 is 17.9 Å². The first-order valence-corrected chi connectivity index (χ1v) is 9.55. The molecule has 1 aromatic rings. The molecule has 5 nitrogen and oxygen atoms in total. The van der Waals surface area contributed by atoms with Crippen LogP contribution in [0.4, 0.5) is 0 Å². The van der Waals surface area contributed by atoms with E-state index in [4.69, 9.17) is 9.47 Å². The molecule has 23 heavy (non-hydrogen) atoms. The Morgan fingerprint density at radius 3 is 2.70 bits per heavy atom. The van der Waals surface area contributed by atoms with E-state index in [1.165, 1.54) is 0 Å². The molecular weight excluding hydrogens is 314 g/mol. The van der Waals surface area contributed by atoms with E-state index in [1.54, 1.807) is 19.2 Å². The number of fused-ring (bicyclic) bond motifs is 1. The van der Waals surface area contributed by atoms with Gasteiger partial charge in [0.2, 0.25) is 10.0 Å². The highest BCUT2D eigenvalue weighted by Gasteiger charge is 2.43. The van der Waals surface area contributed by atoms with Crippen LogP contribution in [0.2, 0.25) is 0 Å². The van der Waals surface area contributed by atoms with Crippen molar-refractivity contribution in [1.82, 2.24) is 4.72 Å². The summed E-state index contributed by atoms with van der Waals surface area (Å²) in [5.41, 5.74) is 0.670. The van der Waals surface area contributed by atoms with Crippen LogP contribution in [0.5, 0.6) is 5.75 Å². The Labute approximate surface area is 138 Å². The van der Waals surface area contributed by atoms with Crippen molar-refractivity contribution in [1.29, 1.82) is 0 Å². The normalized spacial score (nSPS) is 20.8. The van der Waals surface area contributed by atoms with Crippen molar-refractivity contribution >= 4 is 10.0 Å². The first-order valence-electron chi connectivity index (χ1n) is 8.07. The highest BCUT2D eigenvalue weighted by atomic mass is 32.2. The standard InChI is InChI=1S/C17H25NO4S/c1-16(2)11-13-5-4-6-14(15(13)22-16)23(19,20)18-12-17(7-8-17)9-10-21-3/h4-6,18H,7-12H2,1-3H3. The van der Waals surface area contributed by atoms with Gasteiger partial charge in [-0.3, -0.25) is 0 Å². The van der Waals surface area contributed by atoms with E-state index in [2.05, 4.69) is 4.72 Å². The van der Waals surface area contributed by atoms with E-state index < -0.39 is 10.0 Å². The Morgan fingerprint density at radius 1 is 1.30 bits per heavy atom.